The van der Waals surface area contributed by atoms with Crippen LogP contribution < -0.4 is 0 Å². The highest BCUT2D eigenvalue weighted by atomic mass is 16.5. The van der Waals surface area contributed by atoms with Gasteiger partial charge in [-0.05, 0) is 39.8 Å². The Kier molecular flexibility index (Phi) is 6.30. The summed E-state index contributed by atoms with van der Waals surface area (Å²) in [6, 6.07) is 3.57. The van der Waals surface area contributed by atoms with Crippen LogP contribution in [-0.4, -0.2) is 36.7 Å². The van der Waals surface area contributed by atoms with Gasteiger partial charge in [-0.2, -0.15) is 10.2 Å². The first-order valence-corrected chi connectivity index (χ1v) is 7.06. The zero-order valence-electron chi connectivity index (χ0n) is 14.0. The molecule has 0 aliphatic carbocycles. The highest BCUT2D eigenvalue weighted by Gasteiger charge is 2.13. The standard InChI is InChI=1S/C9H14N2O2.C6H10N2O/c1-6(2)13-9(12)8-5-7(3)10-11(8)4;1-5-3-6(4-9)8(2)7-5/h5-6H,1-4H3;3,9H,4H2,1-2H3. The highest BCUT2D eigenvalue weighted by molar-refractivity contribution is 5.87. The maximum Gasteiger partial charge on any atom is 0.356 e. The van der Waals surface area contributed by atoms with Gasteiger partial charge < -0.3 is 9.84 Å². The third-order valence-electron chi connectivity index (χ3n) is 2.81. The predicted molar refractivity (Wildman–Crippen MR) is 82.4 cm³/mol. The maximum absolute atomic E-state index is 11.4. The first kappa shape index (κ1) is 17.9. The Morgan fingerprint density at radius 2 is 1.73 bits per heavy atom. The summed E-state index contributed by atoms with van der Waals surface area (Å²) in [6.07, 6.45) is -0.0947. The average molecular weight is 308 g/mol. The van der Waals surface area contributed by atoms with Crippen molar-refractivity contribution in [3.8, 4) is 0 Å². The fraction of sp³-hybridized carbons (Fsp3) is 0.533. The number of esters is 1. The van der Waals surface area contributed by atoms with Crippen molar-refractivity contribution in [2.45, 2.75) is 40.4 Å². The van der Waals surface area contributed by atoms with Crippen molar-refractivity contribution in [2.24, 2.45) is 14.1 Å². The quantitative estimate of drug-likeness (QED) is 0.869. The van der Waals surface area contributed by atoms with Crippen molar-refractivity contribution in [2.75, 3.05) is 0 Å². The number of carbonyl (C=O) groups excluding carboxylic acids is 1. The second kappa shape index (κ2) is 7.74. The van der Waals surface area contributed by atoms with Crippen LogP contribution in [0.1, 0.15) is 41.4 Å². The van der Waals surface area contributed by atoms with E-state index in [0.29, 0.717) is 5.69 Å². The first-order valence-electron chi connectivity index (χ1n) is 7.06. The van der Waals surface area contributed by atoms with Crippen LogP contribution in [0.5, 0.6) is 0 Å². The van der Waals surface area contributed by atoms with Crippen LogP contribution in [-0.2, 0) is 25.4 Å². The number of aromatic nitrogens is 4. The molecule has 0 atom stereocenters. The van der Waals surface area contributed by atoms with Crippen LogP contribution in [0.15, 0.2) is 12.1 Å². The van der Waals surface area contributed by atoms with Gasteiger partial charge in [0.05, 0.1) is 29.8 Å². The second-order valence-electron chi connectivity index (χ2n) is 5.31. The highest BCUT2D eigenvalue weighted by Crippen LogP contribution is 2.05. The molecule has 1 N–H and O–H groups in total. The van der Waals surface area contributed by atoms with Crippen LogP contribution in [0.2, 0.25) is 0 Å². The molecule has 0 saturated carbocycles. The molecule has 0 unspecified atom stereocenters. The van der Waals surface area contributed by atoms with Crippen LogP contribution in [0.3, 0.4) is 0 Å². The minimum absolute atomic E-state index is 0.0668. The van der Waals surface area contributed by atoms with Crippen molar-refractivity contribution >= 4 is 5.97 Å². The molecule has 2 aromatic rings. The Labute approximate surface area is 130 Å². The van der Waals surface area contributed by atoms with E-state index < -0.39 is 0 Å². The third kappa shape index (κ3) is 5.00. The summed E-state index contributed by atoms with van der Waals surface area (Å²) in [5.74, 6) is -0.321. The number of hydrogen-bond donors (Lipinski definition) is 1. The van der Waals surface area contributed by atoms with E-state index in [4.69, 9.17) is 9.84 Å². The van der Waals surface area contributed by atoms with Gasteiger partial charge in [0.1, 0.15) is 5.69 Å². The molecule has 0 fully saturated rings. The summed E-state index contributed by atoms with van der Waals surface area (Å²) in [6.45, 7) is 7.45. The number of aliphatic hydroxyl groups excluding tert-OH is 1. The number of aliphatic hydroxyl groups is 1. The van der Waals surface area contributed by atoms with Gasteiger partial charge in [-0.15, -0.1) is 0 Å². The number of rotatable bonds is 3. The summed E-state index contributed by atoms with van der Waals surface area (Å²) >= 11 is 0. The predicted octanol–water partition coefficient (Wildman–Crippen LogP) is 1.51. The molecule has 2 rings (SSSR count). The van der Waals surface area contributed by atoms with E-state index in [1.54, 1.807) is 17.8 Å². The molecule has 0 aliphatic heterocycles. The molecule has 0 bridgehead atoms. The minimum Gasteiger partial charge on any atom is -0.458 e. The lowest BCUT2D eigenvalue weighted by atomic mass is 10.3. The summed E-state index contributed by atoms with van der Waals surface area (Å²) in [5.41, 5.74) is 3.11. The van der Waals surface area contributed by atoms with Gasteiger partial charge in [0, 0.05) is 14.1 Å². The smallest absolute Gasteiger partial charge is 0.356 e. The molecule has 0 aliphatic rings. The first-order chi connectivity index (χ1) is 10.2. The van der Waals surface area contributed by atoms with Gasteiger partial charge in [0.25, 0.3) is 0 Å². The number of ether oxygens (including phenoxy) is 1. The Morgan fingerprint density at radius 1 is 1.18 bits per heavy atom. The van der Waals surface area contributed by atoms with Crippen LogP contribution in [0.25, 0.3) is 0 Å². The van der Waals surface area contributed by atoms with E-state index in [-0.39, 0.29) is 18.7 Å². The maximum atomic E-state index is 11.4. The Morgan fingerprint density at radius 3 is 2.05 bits per heavy atom. The van der Waals surface area contributed by atoms with E-state index in [1.807, 2.05) is 40.8 Å². The zero-order valence-corrected chi connectivity index (χ0v) is 14.0. The summed E-state index contributed by atoms with van der Waals surface area (Å²) in [4.78, 5) is 11.4. The molecule has 2 heterocycles. The van der Waals surface area contributed by atoms with E-state index >= 15 is 0 Å². The molecule has 0 radical (unpaired) electrons. The topological polar surface area (TPSA) is 82.2 Å². The van der Waals surface area contributed by atoms with Crippen molar-refractivity contribution in [3.63, 3.8) is 0 Å². The SMILES string of the molecule is Cc1cc(C(=O)OC(C)C)n(C)n1.Cc1cc(CO)n(C)n1. The van der Waals surface area contributed by atoms with Gasteiger partial charge in [-0.3, -0.25) is 9.36 Å². The Bertz CT molecular complexity index is 629. The molecule has 7 nitrogen and oxygen atoms in total. The Balaban J connectivity index is 0.000000235. The molecule has 0 spiro atoms. The molecule has 0 saturated heterocycles. The van der Waals surface area contributed by atoms with E-state index in [2.05, 4.69) is 10.2 Å². The monoisotopic (exact) mass is 308 g/mol. The van der Waals surface area contributed by atoms with Gasteiger partial charge >= 0.3 is 5.97 Å². The van der Waals surface area contributed by atoms with Crippen molar-refractivity contribution in [1.29, 1.82) is 0 Å². The average Bonchev–Trinajstić information content (AvgIpc) is 2.90. The number of carbonyl (C=O) groups is 1. The van der Waals surface area contributed by atoms with Gasteiger partial charge in [-0.1, -0.05) is 0 Å². The largest absolute Gasteiger partial charge is 0.458 e. The normalized spacial score (nSPS) is 10.4. The lowest BCUT2D eigenvalue weighted by molar-refractivity contribution is 0.0365. The fourth-order valence-corrected chi connectivity index (χ4v) is 1.89. The molecular formula is C15H24N4O3. The minimum atomic E-state index is -0.321. The number of nitrogens with zero attached hydrogens (tertiary/aromatic N) is 4. The van der Waals surface area contributed by atoms with E-state index in [0.717, 1.165) is 17.1 Å². The fourth-order valence-electron chi connectivity index (χ4n) is 1.89. The summed E-state index contributed by atoms with van der Waals surface area (Å²) in [7, 11) is 3.54. The van der Waals surface area contributed by atoms with Crippen LogP contribution in [0, 0.1) is 13.8 Å². The molecule has 0 amide bonds. The molecule has 0 aromatic carbocycles. The van der Waals surface area contributed by atoms with E-state index in [1.165, 1.54) is 4.68 Å². The number of aryl methyl sites for hydroxylation is 4. The van der Waals surface area contributed by atoms with Crippen molar-refractivity contribution in [3.05, 3.63) is 34.9 Å². The van der Waals surface area contributed by atoms with Crippen LogP contribution in [0.4, 0.5) is 0 Å². The summed E-state index contributed by atoms with van der Waals surface area (Å²) in [5, 5.41) is 16.8. The van der Waals surface area contributed by atoms with Gasteiger partial charge in [0.2, 0.25) is 0 Å². The zero-order chi connectivity index (χ0) is 16.9. The molecule has 22 heavy (non-hydrogen) atoms. The lowest BCUT2D eigenvalue weighted by Crippen LogP contribution is -2.15. The molecule has 7 heteroatoms. The van der Waals surface area contributed by atoms with Gasteiger partial charge in [-0.25, -0.2) is 4.79 Å². The number of hydrogen-bond acceptors (Lipinski definition) is 5. The third-order valence-corrected chi connectivity index (χ3v) is 2.81. The van der Waals surface area contributed by atoms with Crippen molar-refractivity contribution < 1.29 is 14.6 Å². The lowest BCUT2D eigenvalue weighted by Gasteiger charge is -2.06. The Hall–Kier alpha value is -2.15. The second-order valence-corrected chi connectivity index (χ2v) is 5.31. The van der Waals surface area contributed by atoms with Crippen LogP contribution >= 0.6 is 0 Å². The molecule has 122 valence electrons. The van der Waals surface area contributed by atoms with Crippen molar-refractivity contribution in [1.82, 2.24) is 19.6 Å². The van der Waals surface area contributed by atoms with Gasteiger partial charge in [0.15, 0.2) is 0 Å². The molecule has 2 aromatic heterocycles. The summed E-state index contributed by atoms with van der Waals surface area (Å²) < 4.78 is 8.23. The molecular weight excluding hydrogens is 284 g/mol. The van der Waals surface area contributed by atoms with E-state index in [9.17, 15) is 4.79 Å².